The van der Waals surface area contributed by atoms with Crippen LogP contribution in [0.15, 0.2) is 18.2 Å². The minimum Gasteiger partial charge on any atom is -0.486 e. The van der Waals surface area contributed by atoms with Crippen molar-refractivity contribution in [3.05, 3.63) is 29.3 Å². The molecule has 2 fully saturated rings. The molecule has 0 aromatic heterocycles. The molecule has 1 heterocycles. The van der Waals surface area contributed by atoms with E-state index < -0.39 is 0 Å². The van der Waals surface area contributed by atoms with Crippen molar-refractivity contribution in [3.63, 3.8) is 0 Å². The van der Waals surface area contributed by atoms with E-state index in [1.165, 1.54) is 0 Å². The number of benzene rings is 1. The van der Waals surface area contributed by atoms with E-state index in [1.54, 1.807) is 0 Å². The predicted octanol–water partition coefficient (Wildman–Crippen LogP) is 2.30. The Bertz CT molecular complexity index is 656. The van der Waals surface area contributed by atoms with Gasteiger partial charge in [-0.15, -0.1) is 0 Å². The average Bonchev–Trinajstić information content (AvgIpc) is 3.35. The largest absolute Gasteiger partial charge is 0.486 e. The van der Waals surface area contributed by atoms with Gasteiger partial charge in [-0.3, -0.25) is 9.59 Å². The third-order valence-corrected chi connectivity index (χ3v) is 5.60. The van der Waals surface area contributed by atoms with Crippen LogP contribution in [0.5, 0.6) is 5.75 Å². The third kappa shape index (κ3) is 4.29. The molecule has 1 aromatic carbocycles. The molecule has 1 saturated carbocycles. The highest BCUT2D eigenvalue weighted by Gasteiger charge is 2.35. The van der Waals surface area contributed by atoms with Crippen molar-refractivity contribution in [2.24, 2.45) is 11.7 Å². The van der Waals surface area contributed by atoms with Crippen molar-refractivity contribution in [3.8, 4) is 5.75 Å². The van der Waals surface area contributed by atoms with E-state index in [4.69, 9.17) is 18.3 Å². The van der Waals surface area contributed by atoms with Gasteiger partial charge in [0, 0.05) is 6.42 Å². The van der Waals surface area contributed by atoms with Gasteiger partial charge < -0.3 is 15.4 Å². The number of hydrogen-bond donors (Lipinski definition) is 1. The summed E-state index contributed by atoms with van der Waals surface area (Å²) in [7, 11) is 5.88. The first-order valence-electron chi connectivity index (χ1n) is 9.54. The van der Waals surface area contributed by atoms with Crippen LogP contribution in [0.4, 0.5) is 0 Å². The maximum Gasteiger partial charge on any atom is 0.222 e. The van der Waals surface area contributed by atoms with Crippen molar-refractivity contribution >= 4 is 20.0 Å². The highest BCUT2D eigenvalue weighted by atomic mass is 16.5. The summed E-state index contributed by atoms with van der Waals surface area (Å²) in [6.45, 7) is 3.88. The molecular formula is C20H27BN2O3. The molecule has 26 heavy (non-hydrogen) atoms. The lowest BCUT2D eigenvalue weighted by atomic mass is 9.96. The topological polar surface area (TPSA) is 72.6 Å². The molecule has 1 aliphatic carbocycles. The molecule has 6 heteroatoms. The molecule has 138 valence electrons. The lowest BCUT2D eigenvalue weighted by Gasteiger charge is -2.39. The van der Waals surface area contributed by atoms with Crippen LogP contribution in [0.1, 0.15) is 54.4 Å². The number of amides is 1. The second-order valence-corrected chi connectivity index (χ2v) is 7.51. The molecule has 2 N–H and O–H groups in total. The number of likely N-dealkylation sites (tertiary alicyclic amines) is 1. The summed E-state index contributed by atoms with van der Waals surface area (Å²) in [5, 5.41) is 0. The zero-order chi connectivity index (χ0) is 18.7. The maximum absolute atomic E-state index is 12.2. The minimum absolute atomic E-state index is 0.0526. The van der Waals surface area contributed by atoms with Crippen molar-refractivity contribution in [1.82, 2.24) is 4.90 Å². The fraction of sp³-hybridized carbons (Fsp3) is 0.600. The normalized spacial score (nSPS) is 23.2. The molecule has 0 spiro atoms. The average molecular weight is 354 g/mol. The molecule has 1 aliphatic heterocycles. The second kappa shape index (κ2) is 8.25. The molecule has 3 rings (SSSR count). The highest BCUT2D eigenvalue weighted by Crippen LogP contribution is 2.50. The Morgan fingerprint density at radius 2 is 2.19 bits per heavy atom. The number of nitrogens with two attached hydrogens (primary N) is 1. The summed E-state index contributed by atoms with van der Waals surface area (Å²) >= 11 is 0. The summed E-state index contributed by atoms with van der Waals surface area (Å²) in [6, 6.07) is 5.71. The lowest BCUT2D eigenvalue weighted by Crippen LogP contribution is -2.56. The van der Waals surface area contributed by atoms with E-state index in [1.807, 2.05) is 23.1 Å². The first-order chi connectivity index (χ1) is 12.5. The van der Waals surface area contributed by atoms with Crippen LogP contribution >= 0.6 is 0 Å². The van der Waals surface area contributed by atoms with Gasteiger partial charge in [-0.1, -0.05) is 31.6 Å². The van der Waals surface area contributed by atoms with E-state index in [2.05, 4.69) is 6.92 Å². The summed E-state index contributed by atoms with van der Waals surface area (Å²) in [6.07, 6.45) is 4.13. The van der Waals surface area contributed by atoms with Gasteiger partial charge in [-0.05, 0) is 42.5 Å². The quantitative estimate of drug-likeness (QED) is 0.546. The predicted molar refractivity (Wildman–Crippen MR) is 102 cm³/mol. The molecule has 1 aromatic rings. The fourth-order valence-corrected chi connectivity index (χ4v) is 3.47. The third-order valence-electron chi connectivity index (χ3n) is 5.60. The van der Waals surface area contributed by atoms with Crippen LogP contribution in [0.3, 0.4) is 0 Å². The van der Waals surface area contributed by atoms with E-state index in [9.17, 15) is 9.59 Å². The Morgan fingerprint density at radius 1 is 1.46 bits per heavy atom. The van der Waals surface area contributed by atoms with Crippen LogP contribution in [0.25, 0.3) is 0 Å². The SMILES string of the molecule is [B]C1CC1c1ccc(OC2CN(C(=O)CCC(CC)CN)C2)c(C=O)c1. The van der Waals surface area contributed by atoms with E-state index in [0.717, 1.165) is 31.1 Å². The van der Waals surface area contributed by atoms with E-state index in [0.29, 0.717) is 49.2 Å². The van der Waals surface area contributed by atoms with Crippen molar-refractivity contribution in [1.29, 1.82) is 0 Å². The summed E-state index contributed by atoms with van der Waals surface area (Å²) in [5.41, 5.74) is 7.34. The smallest absolute Gasteiger partial charge is 0.222 e. The monoisotopic (exact) mass is 354 g/mol. The number of carbonyl (C=O) groups is 2. The van der Waals surface area contributed by atoms with E-state index in [-0.39, 0.29) is 17.8 Å². The first kappa shape index (κ1) is 19.0. The van der Waals surface area contributed by atoms with Crippen molar-refractivity contribution in [2.75, 3.05) is 19.6 Å². The molecular weight excluding hydrogens is 327 g/mol. The number of nitrogens with zero attached hydrogens (tertiary/aromatic N) is 1. The van der Waals surface area contributed by atoms with Gasteiger partial charge in [0.1, 0.15) is 11.9 Å². The fourth-order valence-electron chi connectivity index (χ4n) is 3.47. The van der Waals surface area contributed by atoms with Crippen molar-refractivity contribution < 1.29 is 14.3 Å². The zero-order valence-corrected chi connectivity index (χ0v) is 15.4. The Kier molecular flexibility index (Phi) is 6.02. The summed E-state index contributed by atoms with van der Waals surface area (Å²) < 4.78 is 5.93. The summed E-state index contributed by atoms with van der Waals surface area (Å²) in [5.74, 6) is 1.73. The first-order valence-corrected chi connectivity index (χ1v) is 9.54. The molecule has 2 radical (unpaired) electrons. The van der Waals surface area contributed by atoms with Gasteiger partial charge in [-0.2, -0.15) is 0 Å². The van der Waals surface area contributed by atoms with Crippen LogP contribution < -0.4 is 10.5 Å². The maximum atomic E-state index is 12.2. The van der Waals surface area contributed by atoms with Crippen molar-refractivity contribution in [2.45, 2.75) is 50.4 Å². The van der Waals surface area contributed by atoms with Gasteiger partial charge in [0.15, 0.2) is 6.29 Å². The van der Waals surface area contributed by atoms with Gasteiger partial charge in [0.2, 0.25) is 5.91 Å². The molecule has 1 saturated heterocycles. The molecule has 1 amide bonds. The number of ether oxygens (including phenoxy) is 1. The summed E-state index contributed by atoms with van der Waals surface area (Å²) in [4.78, 5) is 25.4. The standard InChI is InChI=1S/C20H27BN2O3/c1-2-13(9-22)3-6-20(25)23-10-16(11-23)26-19-5-4-14(7-15(19)12-24)17-8-18(17)21/h4-5,7,12-13,16-18H,2-3,6,8-11,22H2,1H3. The minimum atomic E-state index is -0.0526. The molecule has 2 aliphatic rings. The molecule has 3 atom stereocenters. The van der Waals surface area contributed by atoms with E-state index >= 15 is 0 Å². The Morgan fingerprint density at radius 3 is 2.77 bits per heavy atom. The zero-order valence-electron chi connectivity index (χ0n) is 15.4. The number of rotatable bonds is 9. The van der Waals surface area contributed by atoms with Crippen LogP contribution in [-0.2, 0) is 4.79 Å². The Hall–Kier alpha value is -1.82. The number of aldehydes is 1. The molecule has 5 nitrogen and oxygen atoms in total. The van der Waals surface area contributed by atoms with Crippen LogP contribution in [0, 0.1) is 5.92 Å². The molecule has 0 bridgehead atoms. The van der Waals surface area contributed by atoms with Gasteiger partial charge in [0.25, 0.3) is 0 Å². The van der Waals surface area contributed by atoms with Crippen LogP contribution in [0.2, 0.25) is 5.82 Å². The lowest BCUT2D eigenvalue weighted by molar-refractivity contribution is -0.140. The molecule has 3 unspecified atom stereocenters. The van der Waals surface area contributed by atoms with Gasteiger partial charge in [0.05, 0.1) is 26.5 Å². The number of hydrogen-bond acceptors (Lipinski definition) is 4. The van der Waals surface area contributed by atoms with Gasteiger partial charge >= 0.3 is 0 Å². The Balaban J connectivity index is 1.48. The highest BCUT2D eigenvalue weighted by molar-refractivity contribution is 6.14. The Labute approximate surface area is 156 Å². The second-order valence-electron chi connectivity index (χ2n) is 7.51. The van der Waals surface area contributed by atoms with Gasteiger partial charge in [-0.25, -0.2) is 0 Å². The number of carbonyl (C=O) groups excluding carboxylic acids is 2. The van der Waals surface area contributed by atoms with Crippen LogP contribution in [-0.4, -0.2) is 50.7 Å².